The Morgan fingerprint density at radius 2 is 1.86 bits per heavy atom. The lowest BCUT2D eigenvalue weighted by Crippen LogP contribution is -2.20. The first kappa shape index (κ1) is 19.4. The van der Waals surface area contributed by atoms with Gasteiger partial charge in [-0.2, -0.15) is 5.10 Å². The molecule has 0 saturated carbocycles. The number of nitro benzene ring substituents is 1. The second kappa shape index (κ2) is 9.52. The maximum absolute atomic E-state index is 11.9. The lowest BCUT2D eigenvalue weighted by atomic mass is 10.2. The molecule has 0 bridgehead atoms. The molecular weight excluding hydrogens is 376 g/mol. The summed E-state index contributed by atoms with van der Waals surface area (Å²) in [5.41, 5.74) is 5.23. The Morgan fingerprint density at radius 3 is 2.57 bits per heavy atom. The van der Waals surface area contributed by atoms with E-state index in [4.69, 9.17) is 0 Å². The van der Waals surface area contributed by atoms with Crippen LogP contribution in [-0.4, -0.2) is 27.4 Å². The number of amides is 1. The van der Waals surface area contributed by atoms with Gasteiger partial charge in [0.15, 0.2) is 0 Å². The van der Waals surface area contributed by atoms with Crippen molar-refractivity contribution < 1.29 is 9.72 Å². The minimum Gasteiger partial charge on any atom is -0.316 e. The molecule has 142 valence electrons. The summed E-state index contributed by atoms with van der Waals surface area (Å²) in [6.45, 7) is 0. The highest BCUT2D eigenvalue weighted by Gasteiger charge is 2.07. The van der Waals surface area contributed by atoms with E-state index in [-0.39, 0.29) is 11.6 Å². The molecule has 0 radical (unpaired) electrons. The molecule has 1 amide bonds. The van der Waals surface area contributed by atoms with Crippen LogP contribution in [0.1, 0.15) is 11.3 Å². The summed E-state index contributed by atoms with van der Waals surface area (Å²) in [5.74, 6) is 0.905. The van der Waals surface area contributed by atoms with E-state index in [1.54, 1.807) is 18.3 Å². The summed E-state index contributed by atoms with van der Waals surface area (Å²) < 4.78 is 1.82. The summed E-state index contributed by atoms with van der Waals surface area (Å²) >= 11 is 1.52. The number of hydrogen-bond donors (Lipinski definition) is 1. The molecule has 0 aliphatic rings. The Morgan fingerprint density at radius 1 is 1.11 bits per heavy atom. The van der Waals surface area contributed by atoms with Gasteiger partial charge in [0.2, 0.25) is 5.91 Å². The number of thioether (sulfide) groups is 1. The van der Waals surface area contributed by atoms with E-state index < -0.39 is 4.92 Å². The van der Waals surface area contributed by atoms with Gasteiger partial charge >= 0.3 is 0 Å². The molecule has 0 saturated heterocycles. The number of carbonyl (C=O) groups is 1. The van der Waals surface area contributed by atoms with E-state index in [9.17, 15) is 14.9 Å². The van der Waals surface area contributed by atoms with E-state index in [1.807, 2.05) is 53.2 Å². The summed E-state index contributed by atoms with van der Waals surface area (Å²) in [6, 6.07) is 19.8. The number of nitrogens with one attached hydrogen (secondary N) is 1. The molecule has 0 aliphatic carbocycles. The van der Waals surface area contributed by atoms with Gasteiger partial charge < -0.3 is 4.57 Å². The lowest BCUT2D eigenvalue weighted by molar-refractivity contribution is -0.384. The summed E-state index contributed by atoms with van der Waals surface area (Å²) in [7, 11) is 0. The number of benzene rings is 2. The number of non-ortho nitro benzene ring substituents is 1. The molecule has 0 atom stereocenters. The quantitative estimate of drug-likeness (QED) is 0.358. The zero-order valence-corrected chi connectivity index (χ0v) is 15.7. The average Bonchev–Trinajstić information content (AvgIpc) is 3.17. The van der Waals surface area contributed by atoms with Crippen molar-refractivity contribution in [3.05, 3.63) is 94.3 Å². The number of hydrogen-bond acceptors (Lipinski definition) is 5. The highest BCUT2D eigenvalue weighted by molar-refractivity contribution is 7.99. The third-order valence-electron chi connectivity index (χ3n) is 3.85. The van der Waals surface area contributed by atoms with Gasteiger partial charge in [-0.1, -0.05) is 30.3 Å². The topological polar surface area (TPSA) is 89.5 Å². The first-order chi connectivity index (χ1) is 13.6. The summed E-state index contributed by atoms with van der Waals surface area (Å²) in [4.78, 5) is 22.2. The molecule has 28 heavy (non-hydrogen) atoms. The standard InChI is InChI=1S/C20H18N4O3S/c25-20(15-28-14-16-5-2-1-3-6-16)22-21-13-19-7-4-12-23(19)17-8-10-18(11-9-17)24(26)27/h1-13H,14-15H2,(H,22,25)/b21-13-. The van der Waals surface area contributed by atoms with Crippen LogP contribution < -0.4 is 5.43 Å². The third-order valence-corrected chi connectivity index (χ3v) is 4.85. The zero-order chi connectivity index (χ0) is 19.8. The Hall–Kier alpha value is -3.39. The predicted molar refractivity (Wildman–Crippen MR) is 111 cm³/mol. The van der Waals surface area contributed by atoms with Crippen molar-refractivity contribution in [1.29, 1.82) is 0 Å². The minimum absolute atomic E-state index is 0.0337. The first-order valence-electron chi connectivity index (χ1n) is 8.49. The Balaban J connectivity index is 1.53. The van der Waals surface area contributed by atoms with Crippen LogP contribution in [0.3, 0.4) is 0 Å². The molecule has 0 aliphatic heterocycles. The average molecular weight is 394 g/mol. The van der Waals surface area contributed by atoms with Crippen LogP contribution >= 0.6 is 11.8 Å². The van der Waals surface area contributed by atoms with Gasteiger partial charge in [-0.15, -0.1) is 11.8 Å². The van der Waals surface area contributed by atoms with Gasteiger partial charge in [0.1, 0.15) is 0 Å². The SMILES string of the molecule is O=C(CSCc1ccccc1)N/N=C\c1cccn1-c1ccc([N+](=O)[O-])cc1. The lowest BCUT2D eigenvalue weighted by Gasteiger charge is -2.06. The van der Waals surface area contributed by atoms with Crippen LogP contribution in [0.15, 0.2) is 78.0 Å². The number of hydrazone groups is 1. The molecule has 1 N–H and O–H groups in total. The van der Waals surface area contributed by atoms with Crippen molar-refractivity contribution in [3.63, 3.8) is 0 Å². The Labute approximate surface area is 166 Å². The largest absolute Gasteiger partial charge is 0.316 e. The smallest absolute Gasteiger partial charge is 0.269 e. The van der Waals surface area contributed by atoms with Crippen LogP contribution in [0.25, 0.3) is 5.69 Å². The Kier molecular flexibility index (Phi) is 6.59. The number of rotatable bonds is 8. The van der Waals surface area contributed by atoms with Gasteiger partial charge in [-0.3, -0.25) is 14.9 Å². The fourth-order valence-electron chi connectivity index (χ4n) is 2.51. The number of nitro groups is 1. The minimum atomic E-state index is -0.437. The van der Waals surface area contributed by atoms with Gasteiger partial charge in [0.05, 0.1) is 22.6 Å². The van der Waals surface area contributed by atoms with E-state index in [1.165, 1.54) is 29.5 Å². The van der Waals surface area contributed by atoms with Crippen molar-refractivity contribution in [1.82, 2.24) is 9.99 Å². The molecule has 0 unspecified atom stereocenters. The molecule has 8 heteroatoms. The van der Waals surface area contributed by atoms with Crippen LogP contribution in [-0.2, 0) is 10.5 Å². The molecular formula is C20H18N4O3S. The van der Waals surface area contributed by atoms with Crippen LogP contribution in [0.2, 0.25) is 0 Å². The molecule has 3 aromatic rings. The van der Waals surface area contributed by atoms with Gasteiger partial charge in [-0.05, 0) is 29.8 Å². The first-order valence-corrected chi connectivity index (χ1v) is 9.65. The van der Waals surface area contributed by atoms with Crippen molar-refractivity contribution >= 4 is 29.6 Å². The van der Waals surface area contributed by atoms with Crippen LogP contribution in [0, 0.1) is 10.1 Å². The number of aromatic nitrogens is 1. The van der Waals surface area contributed by atoms with Crippen molar-refractivity contribution in [2.75, 3.05) is 5.75 Å². The maximum atomic E-state index is 11.9. The zero-order valence-electron chi connectivity index (χ0n) is 14.9. The second-order valence-electron chi connectivity index (χ2n) is 5.85. The number of nitrogens with zero attached hydrogens (tertiary/aromatic N) is 3. The molecule has 3 rings (SSSR count). The molecule has 7 nitrogen and oxygen atoms in total. The predicted octanol–water partition coefficient (Wildman–Crippen LogP) is 3.77. The van der Waals surface area contributed by atoms with Crippen LogP contribution in [0.5, 0.6) is 0 Å². The van der Waals surface area contributed by atoms with Crippen molar-refractivity contribution in [2.24, 2.45) is 5.10 Å². The Bertz CT molecular complexity index is 969. The van der Waals surface area contributed by atoms with Gasteiger partial charge in [0, 0.05) is 29.8 Å². The molecule has 2 aromatic carbocycles. The fourth-order valence-corrected chi connectivity index (χ4v) is 3.29. The van der Waals surface area contributed by atoms with Crippen LogP contribution in [0.4, 0.5) is 5.69 Å². The summed E-state index contributed by atoms with van der Waals surface area (Å²) in [6.07, 6.45) is 3.36. The molecule has 1 aromatic heterocycles. The molecule has 0 fully saturated rings. The normalized spacial score (nSPS) is 10.9. The van der Waals surface area contributed by atoms with Gasteiger partial charge in [-0.25, -0.2) is 5.43 Å². The van der Waals surface area contributed by atoms with E-state index >= 15 is 0 Å². The highest BCUT2D eigenvalue weighted by Crippen LogP contribution is 2.17. The third kappa shape index (κ3) is 5.31. The highest BCUT2D eigenvalue weighted by atomic mass is 32.2. The van der Waals surface area contributed by atoms with E-state index in [2.05, 4.69) is 10.5 Å². The molecule has 1 heterocycles. The van der Waals surface area contributed by atoms with Crippen molar-refractivity contribution in [2.45, 2.75) is 5.75 Å². The second-order valence-corrected chi connectivity index (χ2v) is 6.83. The van der Waals surface area contributed by atoms with Crippen molar-refractivity contribution in [3.8, 4) is 5.69 Å². The van der Waals surface area contributed by atoms with Gasteiger partial charge in [0.25, 0.3) is 5.69 Å². The number of carbonyl (C=O) groups excluding carboxylic acids is 1. The maximum Gasteiger partial charge on any atom is 0.269 e. The summed E-state index contributed by atoms with van der Waals surface area (Å²) in [5, 5.41) is 14.8. The fraction of sp³-hybridized carbons (Fsp3) is 0.100. The van der Waals surface area contributed by atoms with E-state index in [0.29, 0.717) is 5.75 Å². The molecule has 0 spiro atoms. The van der Waals surface area contributed by atoms with E-state index in [0.717, 1.165) is 17.1 Å². The monoisotopic (exact) mass is 394 g/mol.